The van der Waals surface area contributed by atoms with Crippen molar-refractivity contribution in [3.63, 3.8) is 0 Å². The molecule has 0 aliphatic heterocycles. The molecule has 0 aromatic heterocycles. The summed E-state index contributed by atoms with van der Waals surface area (Å²) in [6.45, 7) is 0. The third-order valence-corrected chi connectivity index (χ3v) is 19.8. The predicted molar refractivity (Wildman–Crippen MR) is 332 cm³/mol. The molecule has 0 heterocycles. The van der Waals surface area contributed by atoms with Crippen molar-refractivity contribution in [2.75, 3.05) is 0 Å². The van der Waals surface area contributed by atoms with Crippen LogP contribution in [0.15, 0.2) is 245 Å². The Morgan fingerprint density at radius 1 is 0.213 bits per heavy atom. The minimum Gasteiger partial charge on any atom is -0.0619 e. The van der Waals surface area contributed by atoms with Gasteiger partial charge in [0.15, 0.2) is 0 Å². The van der Waals surface area contributed by atoms with E-state index in [4.69, 9.17) is 0 Å². The van der Waals surface area contributed by atoms with Crippen LogP contribution in [0, 0.1) is 0 Å². The molecule has 0 nitrogen and oxygen atoms in total. The molecule has 6 heteroatoms. The van der Waals surface area contributed by atoms with Crippen molar-refractivity contribution in [1.29, 1.82) is 0 Å². The zero-order valence-electron chi connectivity index (χ0n) is 40.8. The molecule has 3 aliphatic carbocycles. The van der Waals surface area contributed by atoms with Gasteiger partial charge < -0.3 is 0 Å². The highest BCUT2D eigenvalue weighted by atomic mass is 79.9. The van der Waals surface area contributed by atoms with E-state index in [-0.39, 0.29) is 0 Å². The van der Waals surface area contributed by atoms with Gasteiger partial charge in [-0.15, -0.1) is 0 Å². The van der Waals surface area contributed by atoms with Gasteiger partial charge in [0.1, 0.15) is 0 Å². The zero-order chi connectivity index (χ0) is 51.1. The maximum absolute atomic E-state index is 3.82. The van der Waals surface area contributed by atoms with Gasteiger partial charge in [0.05, 0.1) is 0 Å². The fourth-order valence-electron chi connectivity index (χ4n) is 13.7. The van der Waals surface area contributed by atoms with Crippen molar-refractivity contribution < 1.29 is 0 Å². The zero-order valence-corrected chi connectivity index (χ0v) is 50.3. The van der Waals surface area contributed by atoms with Crippen LogP contribution in [-0.2, 0) is 54.8 Å². The van der Waals surface area contributed by atoms with Gasteiger partial charge in [-0.3, -0.25) is 0 Å². The number of hydrogen-bond acceptors (Lipinski definition) is 0. The van der Waals surface area contributed by atoms with Crippen molar-refractivity contribution in [3.05, 3.63) is 312 Å². The van der Waals surface area contributed by atoms with E-state index in [9.17, 15) is 0 Å². The Balaban J connectivity index is 1.25. The summed E-state index contributed by atoms with van der Waals surface area (Å²) in [7, 11) is 0. The molecule has 3 aliphatic rings. The summed E-state index contributed by atoms with van der Waals surface area (Å²) < 4.78 is 6.51. The van der Waals surface area contributed by atoms with Crippen molar-refractivity contribution >= 4 is 95.6 Å². The first-order valence-electron chi connectivity index (χ1n) is 25.5. The molecule has 0 radical (unpaired) electrons. The molecular weight excluding hydrogens is 1310 g/mol. The molecule has 0 fully saturated rings. The molecule has 0 saturated heterocycles. The molecule has 13 rings (SSSR count). The summed E-state index contributed by atoms with van der Waals surface area (Å²) in [6, 6.07) is 83.6. The standard InChI is InChI=1S/C69H48Br6/c70-49-25-13-43(14-26-49)37-67(38-44-15-27-50(71)28-16-44)58-10-4-1-7-55(58)61-64(67)62-57-9-3-6-12-60(57)69(41-47-21-33-53(74)34-22-47,42-48-23-35-54(75)36-24-48)66(62)63-56-8-2-5-11-59(56)68(65(61)63,39-45-17-29-51(72)30-18-45)40-46-19-31-52(73)32-20-46/h1-36H,37-42H2. The average Bonchev–Trinajstić information content (AvgIpc) is 3.98. The Labute approximate surface area is 490 Å². The highest BCUT2D eigenvalue weighted by Crippen LogP contribution is 2.70. The molecule has 0 unspecified atom stereocenters. The first-order valence-corrected chi connectivity index (χ1v) is 30.3. The second-order valence-corrected chi connectivity index (χ2v) is 26.4. The van der Waals surface area contributed by atoms with Gasteiger partial charge in [-0.05, 0) is 211 Å². The Morgan fingerprint density at radius 3 is 0.573 bits per heavy atom. The van der Waals surface area contributed by atoms with Gasteiger partial charge in [-0.1, -0.05) is 241 Å². The van der Waals surface area contributed by atoms with Gasteiger partial charge >= 0.3 is 0 Å². The van der Waals surface area contributed by atoms with E-state index >= 15 is 0 Å². The van der Waals surface area contributed by atoms with E-state index in [1.165, 1.54) is 100 Å². The molecular formula is C69H48Br6. The van der Waals surface area contributed by atoms with Crippen molar-refractivity contribution in [1.82, 2.24) is 0 Å². The lowest BCUT2D eigenvalue weighted by Crippen LogP contribution is -2.36. The quantitative estimate of drug-likeness (QED) is 0.114. The smallest absolute Gasteiger partial charge is 0.0302 e. The number of rotatable bonds is 12. The molecule has 75 heavy (non-hydrogen) atoms. The van der Waals surface area contributed by atoms with E-state index in [1.54, 1.807) is 0 Å². The van der Waals surface area contributed by atoms with Crippen LogP contribution in [-0.4, -0.2) is 0 Å². The fourth-order valence-corrected chi connectivity index (χ4v) is 15.3. The van der Waals surface area contributed by atoms with Gasteiger partial charge in [0.2, 0.25) is 0 Å². The summed E-state index contributed by atoms with van der Waals surface area (Å²) >= 11 is 22.9. The molecule has 0 spiro atoms. The number of hydrogen-bond donors (Lipinski definition) is 0. The van der Waals surface area contributed by atoms with Crippen LogP contribution in [0.2, 0.25) is 0 Å². The van der Waals surface area contributed by atoms with E-state index in [1.807, 2.05) is 0 Å². The maximum atomic E-state index is 3.82. The van der Waals surface area contributed by atoms with Crippen LogP contribution in [0.3, 0.4) is 0 Å². The second kappa shape index (κ2) is 19.8. The third-order valence-electron chi connectivity index (χ3n) is 16.6. The van der Waals surface area contributed by atoms with Gasteiger partial charge in [-0.2, -0.15) is 0 Å². The van der Waals surface area contributed by atoms with Crippen LogP contribution in [0.5, 0.6) is 0 Å². The molecule has 0 saturated carbocycles. The van der Waals surface area contributed by atoms with Crippen molar-refractivity contribution in [2.45, 2.75) is 54.8 Å². The predicted octanol–water partition coefficient (Wildman–Crippen LogP) is 20.5. The molecule has 0 bridgehead atoms. The topological polar surface area (TPSA) is 0 Å². The largest absolute Gasteiger partial charge is 0.0619 e. The number of halogens is 6. The van der Waals surface area contributed by atoms with Crippen LogP contribution in [0.25, 0.3) is 33.4 Å². The molecule has 10 aromatic carbocycles. The van der Waals surface area contributed by atoms with E-state index < -0.39 is 16.2 Å². The molecule has 366 valence electrons. The maximum Gasteiger partial charge on any atom is 0.0302 e. The summed E-state index contributed by atoms with van der Waals surface area (Å²) in [4.78, 5) is 0. The first kappa shape index (κ1) is 49.6. The SMILES string of the molecule is Brc1ccc(CC2(Cc3ccc(Br)cc3)c3ccccc3-c3c2c2c(c4c3C(Cc3ccc(Br)cc3)(Cc3ccc(Br)cc3)c3ccccc3-4)C(Cc3ccc(Br)cc3)(Cc3ccc(Br)cc3)c3ccccc3-2)cc1. The van der Waals surface area contributed by atoms with E-state index in [0.717, 1.165) is 65.4 Å². The first-order chi connectivity index (χ1) is 36.5. The lowest BCUT2D eigenvalue weighted by atomic mass is 9.62. The monoisotopic (exact) mass is 1350 g/mol. The lowest BCUT2D eigenvalue weighted by molar-refractivity contribution is 0.501. The highest BCUT2D eigenvalue weighted by molar-refractivity contribution is 9.11. The van der Waals surface area contributed by atoms with Crippen LogP contribution < -0.4 is 0 Å². The second-order valence-electron chi connectivity index (χ2n) is 21.0. The normalized spacial score (nSPS) is 14.6. The number of fused-ring (bicyclic) bond motifs is 12. The van der Waals surface area contributed by atoms with E-state index in [2.05, 4.69) is 314 Å². The Bertz CT molecular complexity index is 3240. The summed E-state index contributed by atoms with van der Waals surface area (Å²) in [6.07, 6.45) is 4.91. The summed E-state index contributed by atoms with van der Waals surface area (Å²) in [5.41, 5.74) is 23.3. The van der Waals surface area contributed by atoms with Gasteiger partial charge in [-0.25, -0.2) is 0 Å². The van der Waals surface area contributed by atoms with E-state index in [0.29, 0.717) is 0 Å². The van der Waals surface area contributed by atoms with Crippen LogP contribution in [0.4, 0.5) is 0 Å². The Hall–Kier alpha value is -4.92. The summed E-state index contributed by atoms with van der Waals surface area (Å²) in [5, 5.41) is 0. The third kappa shape index (κ3) is 8.60. The van der Waals surface area contributed by atoms with Crippen molar-refractivity contribution in [3.8, 4) is 33.4 Å². The van der Waals surface area contributed by atoms with Gasteiger partial charge in [0.25, 0.3) is 0 Å². The summed E-state index contributed by atoms with van der Waals surface area (Å²) in [5.74, 6) is 0. The number of benzene rings is 10. The van der Waals surface area contributed by atoms with Crippen LogP contribution in [0.1, 0.15) is 66.8 Å². The highest BCUT2D eigenvalue weighted by Gasteiger charge is 2.58. The van der Waals surface area contributed by atoms with Crippen molar-refractivity contribution in [2.24, 2.45) is 0 Å². The average molecular weight is 1360 g/mol. The Morgan fingerprint density at radius 2 is 0.387 bits per heavy atom. The molecule has 0 atom stereocenters. The minimum absolute atomic E-state index is 0.485. The fraction of sp³-hybridized carbons (Fsp3) is 0.130. The van der Waals surface area contributed by atoms with Crippen LogP contribution >= 0.6 is 95.6 Å². The molecule has 0 N–H and O–H groups in total. The molecule has 0 amide bonds. The molecule has 10 aromatic rings. The lowest BCUT2D eigenvalue weighted by Gasteiger charge is -2.39. The minimum atomic E-state index is -0.485. The Kier molecular flexibility index (Phi) is 13.1. The van der Waals surface area contributed by atoms with Gasteiger partial charge in [0, 0.05) is 43.1 Å².